The number of halogens is 1. The molecular formula is C16H14ClN3O2. The first kappa shape index (κ1) is 14.4. The van der Waals surface area contributed by atoms with Crippen molar-refractivity contribution in [3.63, 3.8) is 0 Å². The summed E-state index contributed by atoms with van der Waals surface area (Å²) in [6.45, 7) is 0.124. The molecule has 0 bridgehead atoms. The summed E-state index contributed by atoms with van der Waals surface area (Å²) in [5.74, 6) is -0.439. The van der Waals surface area contributed by atoms with Gasteiger partial charge in [0.05, 0.1) is 28.6 Å². The largest absolute Gasteiger partial charge is 0.374 e. The average Bonchev–Trinajstić information content (AvgIpc) is 2.52. The number of anilines is 3. The third kappa shape index (κ3) is 2.89. The van der Waals surface area contributed by atoms with Gasteiger partial charge in [-0.25, -0.2) is 0 Å². The third-order valence-electron chi connectivity index (χ3n) is 3.38. The number of carbonyl (C=O) groups excluding carboxylic acids is 2. The van der Waals surface area contributed by atoms with Gasteiger partial charge in [0.15, 0.2) is 0 Å². The number of amides is 2. The number of nitrogens with one attached hydrogen (secondary N) is 2. The van der Waals surface area contributed by atoms with Gasteiger partial charge in [0, 0.05) is 0 Å². The highest BCUT2D eigenvalue weighted by Gasteiger charge is 2.25. The van der Waals surface area contributed by atoms with Crippen LogP contribution >= 0.6 is 11.6 Å². The number of para-hydroxylation sites is 3. The van der Waals surface area contributed by atoms with Gasteiger partial charge >= 0.3 is 0 Å². The molecule has 22 heavy (non-hydrogen) atoms. The summed E-state index contributed by atoms with van der Waals surface area (Å²) in [6.07, 6.45) is 0. The van der Waals surface area contributed by atoms with Crippen LogP contribution in [0.3, 0.4) is 0 Å². The Morgan fingerprint density at radius 3 is 2.73 bits per heavy atom. The zero-order chi connectivity index (χ0) is 15.5. The summed E-state index contributed by atoms with van der Waals surface area (Å²) in [4.78, 5) is 25.7. The van der Waals surface area contributed by atoms with Crippen molar-refractivity contribution in [2.45, 2.75) is 0 Å². The molecule has 0 unspecified atom stereocenters. The van der Waals surface area contributed by atoms with Crippen LogP contribution in [0.2, 0.25) is 5.02 Å². The molecule has 0 aromatic heterocycles. The molecule has 0 atom stereocenters. The van der Waals surface area contributed by atoms with Crippen LogP contribution in [-0.4, -0.2) is 24.9 Å². The molecule has 0 saturated carbocycles. The van der Waals surface area contributed by atoms with Crippen LogP contribution in [0.5, 0.6) is 0 Å². The molecule has 1 aliphatic rings. The van der Waals surface area contributed by atoms with Crippen molar-refractivity contribution in [2.75, 3.05) is 28.6 Å². The van der Waals surface area contributed by atoms with Gasteiger partial charge in [-0.05, 0) is 24.3 Å². The van der Waals surface area contributed by atoms with Crippen LogP contribution in [0.4, 0.5) is 17.1 Å². The van der Waals surface area contributed by atoms with E-state index in [9.17, 15) is 9.59 Å². The Balaban J connectivity index is 1.77. The van der Waals surface area contributed by atoms with Gasteiger partial charge in [-0.15, -0.1) is 0 Å². The predicted octanol–water partition coefficient (Wildman–Crippen LogP) is 2.74. The van der Waals surface area contributed by atoms with Crippen molar-refractivity contribution >= 4 is 40.5 Å². The first-order valence-electron chi connectivity index (χ1n) is 6.83. The second-order valence-electron chi connectivity index (χ2n) is 4.88. The van der Waals surface area contributed by atoms with Gasteiger partial charge in [-0.1, -0.05) is 35.9 Å². The highest BCUT2D eigenvalue weighted by molar-refractivity contribution is 6.33. The number of rotatable bonds is 3. The molecule has 0 fully saturated rings. The Labute approximate surface area is 132 Å². The Kier molecular flexibility index (Phi) is 3.98. The van der Waals surface area contributed by atoms with E-state index in [1.165, 1.54) is 4.90 Å². The molecule has 0 spiro atoms. The fourth-order valence-electron chi connectivity index (χ4n) is 2.33. The summed E-state index contributed by atoms with van der Waals surface area (Å²) < 4.78 is 0. The van der Waals surface area contributed by atoms with Crippen LogP contribution in [-0.2, 0) is 9.59 Å². The van der Waals surface area contributed by atoms with E-state index in [0.29, 0.717) is 16.4 Å². The van der Waals surface area contributed by atoms with E-state index in [0.717, 1.165) is 5.69 Å². The normalized spacial score (nSPS) is 13.3. The number of fused-ring (bicyclic) bond motifs is 1. The van der Waals surface area contributed by atoms with E-state index in [2.05, 4.69) is 10.6 Å². The molecule has 2 aromatic rings. The van der Waals surface area contributed by atoms with Gasteiger partial charge in [0.2, 0.25) is 11.8 Å². The van der Waals surface area contributed by atoms with Gasteiger partial charge in [-0.2, -0.15) is 0 Å². The lowest BCUT2D eigenvalue weighted by atomic mass is 10.2. The number of carbonyl (C=O) groups is 2. The van der Waals surface area contributed by atoms with Crippen molar-refractivity contribution in [3.8, 4) is 0 Å². The maximum atomic E-state index is 12.2. The van der Waals surface area contributed by atoms with Crippen LogP contribution in [0.15, 0.2) is 48.5 Å². The molecule has 2 N–H and O–H groups in total. The second kappa shape index (κ2) is 6.07. The highest BCUT2D eigenvalue weighted by Crippen LogP contribution is 2.29. The first-order chi connectivity index (χ1) is 10.6. The first-order valence-corrected chi connectivity index (χ1v) is 7.20. The van der Waals surface area contributed by atoms with Gasteiger partial charge in [-0.3, -0.25) is 14.5 Å². The topological polar surface area (TPSA) is 61.4 Å². The molecule has 0 radical (unpaired) electrons. The van der Waals surface area contributed by atoms with Crippen LogP contribution < -0.4 is 15.5 Å². The molecule has 2 aromatic carbocycles. The van der Waals surface area contributed by atoms with E-state index in [1.54, 1.807) is 24.3 Å². The number of nitrogens with zero attached hydrogens (tertiary/aromatic N) is 1. The standard InChI is InChI=1S/C16H14ClN3O2/c17-11-5-1-2-6-12(11)19-15(21)10-20-14-8-4-3-7-13(14)18-9-16(20)22/h1-8,18H,9-10H2,(H,19,21). The van der Waals surface area contributed by atoms with E-state index in [-0.39, 0.29) is 24.9 Å². The number of hydrogen-bond acceptors (Lipinski definition) is 3. The zero-order valence-electron chi connectivity index (χ0n) is 11.7. The SMILES string of the molecule is O=C(CN1C(=O)CNc2ccccc21)Nc1ccccc1Cl. The predicted molar refractivity (Wildman–Crippen MR) is 87.4 cm³/mol. The molecular weight excluding hydrogens is 302 g/mol. The van der Waals surface area contributed by atoms with Gasteiger partial charge < -0.3 is 10.6 Å². The smallest absolute Gasteiger partial charge is 0.246 e. The van der Waals surface area contributed by atoms with Crippen LogP contribution in [0.25, 0.3) is 0 Å². The quantitative estimate of drug-likeness (QED) is 0.915. The minimum atomic E-state index is -0.293. The van der Waals surface area contributed by atoms with Crippen molar-refractivity contribution < 1.29 is 9.59 Å². The fourth-order valence-corrected chi connectivity index (χ4v) is 2.51. The lowest BCUT2D eigenvalue weighted by molar-refractivity contribution is -0.120. The zero-order valence-corrected chi connectivity index (χ0v) is 12.4. The Bertz CT molecular complexity index is 733. The summed E-state index contributed by atoms with van der Waals surface area (Å²) in [5.41, 5.74) is 2.07. The Morgan fingerprint density at radius 2 is 1.91 bits per heavy atom. The second-order valence-corrected chi connectivity index (χ2v) is 5.29. The minimum absolute atomic E-state index is 0.0528. The summed E-state index contributed by atoms with van der Waals surface area (Å²) in [7, 11) is 0. The maximum absolute atomic E-state index is 12.2. The maximum Gasteiger partial charge on any atom is 0.246 e. The molecule has 2 amide bonds. The molecule has 6 heteroatoms. The van der Waals surface area contributed by atoms with Gasteiger partial charge in [0.1, 0.15) is 6.54 Å². The molecule has 0 saturated heterocycles. The molecule has 112 valence electrons. The third-order valence-corrected chi connectivity index (χ3v) is 3.71. The van der Waals surface area contributed by atoms with E-state index < -0.39 is 0 Å². The minimum Gasteiger partial charge on any atom is -0.374 e. The fraction of sp³-hybridized carbons (Fsp3) is 0.125. The Morgan fingerprint density at radius 1 is 1.18 bits per heavy atom. The van der Waals surface area contributed by atoms with E-state index >= 15 is 0 Å². The van der Waals surface area contributed by atoms with Crippen LogP contribution in [0, 0.1) is 0 Å². The molecule has 3 rings (SSSR count). The Hall–Kier alpha value is -2.53. The van der Waals surface area contributed by atoms with E-state index in [1.807, 2.05) is 24.3 Å². The average molecular weight is 316 g/mol. The lowest BCUT2D eigenvalue weighted by Crippen LogP contribution is -2.44. The lowest BCUT2D eigenvalue weighted by Gasteiger charge is -2.29. The summed E-state index contributed by atoms with van der Waals surface area (Å²) in [6, 6.07) is 14.4. The molecule has 0 aliphatic carbocycles. The summed E-state index contributed by atoms with van der Waals surface area (Å²) >= 11 is 6.02. The van der Waals surface area contributed by atoms with Crippen LogP contribution in [0.1, 0.15) is 0 Å². The van der Waals surface area contributed by atoms with Crippen molar-refractivity contribution in [1.82, 2.24) is 0 Å². The van der Waals surface area contributed by atoms with Crippen molar-refractivity contribution in [1.29, 1.82) is 0 Å². The monoisotopic (exact) mass is 315 g/mol. The molecule has 1 aliphatic heterocycles. The molecule has 1 heterocycles. The highest BCUT2D eigenvalue weighted by atomic mass is 35.5. The van der Waals surface area contributed by atoms with Gasteiger partial charge in [0.25, 0.3) is 0 Å². The molecule has 5 nitrogen and oxygen atoms in total. The summed E-state index contributed by atoms with van der Waals surface area (Å²) in [5, 5.41) is 6.22. The van der Waals surface area contributed by atoms with Crippen molar-refractivity contribution in [3.05, 3.63) is 53.6 Å². The number of hydrogen-bond donors (Lipinski definition) is 2. The van der Waals surface area contributed by atoms with Crippen molar-refractivity contribution in [2.24, 2.45) is 0 Å². The number of benzene rings is 2. The van der Waals surface area contributed by atoms with E-state index in [4.69, 9.17) is 11.6 Å².